The predicted molar refractivity (Wildman–Crippen MR) is 68.7 cm³/mol. The van der Waals surface area contributed by atoms with Gasteiger partial charge in [0, 0.05) is 24.0 Å². The fraction of sp³-hybridized carbons (Fsp3) is 0.385. The van der Waals surface area contributed by atoms with Gasteiger partial charge >= 0.3 is 0 Å². The molecule has 1 saturated heterocycles. The number of likely N-dealkylation sites (tertiary alicyclic amines) is 1. The van der Waals surface area contributed by atoms with Crippen molar-refractivity contribution >= 4 is 22.8 Å². The van der Waals surface area contributed by atoms with Gasteiger partial charge in [-0.3, -0.25) is 4.79 Å². The summed E-state index contributed by atoms with van der Waals surface area (Å²) in [6, 6.07) is 0. The molecule has 17 heavy (non-hydrogen) atoms. The van der Waals surface area contributed by atoms with Gasteiger partial charge in [0.15, 0.2) is 0 Å². The van der Waals surface area contributed by atoms with Gasteiger partial charge in [-0.05, 0) is 31.4 Å². The summed E-state index contributed by atoms with van der Waals surface area (Å²) in [5.74, 6) is 0.203. The summed E-state index contributed by atoms with van der Waals surface area (Å²) < 4.78 is 0. The molecule has 4 heteroatoms. The van der Waals surface area contributed by atoms with Crippen LogP contribution in [0.5, 0.6) is 0 Å². The number of aryl methyl sites for hydroxylation is 1. The monoisotopic (exact) mass is 246 g/mol. The van der Waals surface area contributed by atoms with Crippen LogP contribution in [0.15, 0.2) is 23.1 Å². The predicted octanol–water partition coefficient (Wildman–Crippen LogP) is 2.40. The summed E-state index contributed by atoms with van der Waals surface area (Å²) in [5.41, 5.74) is 3.00. The lowest BCUT2D eigenvalue weighted by molar-refractivity contribution is -0.130. The first-order chi connectivity index (χ1) is 8.24. The highest BCUT2D eigenvalue weighted by atomic mass is 32.1. The average molecular weight is 246 g/mol. The molecule has 2 heterocycles. The number of allylic oxidation sites excluding steroid dienone is 3. The summed E-state index contributed by atoms with van der Waals surface area (Å²) in [6.45, 7) is 3.84. The fourth-order valence-electron chi connectivity index (χ4n) is 2.07. The van der Waals surface area contributed by atoms with Gasteiger partial charge in [-0.15, -0.1) is 11.3 Å². The Bertz CT molecular complexity index is 523. The van der Waals surface area contributed by atoms with Crippen LogP contribution in [-0.2, 0) is 4.79 Å². The Morgan fingerprint density at radius 1 is 1.47 bits per heavy atom. The SMILES string of the molecule is Cc1nc(C2=CCC(C(=O)N3CCC3)=C2)cs1. The molecule has 3 nitrogen and oxygen atoms in total. The zero-order chi connectivity index (χ0) is 11.8. The highest BCUT2D eigenvalue weighted by Gasteiger charge is 2.25. The van der Waals surface area contributed by atoms with Crippen molar-refractivity contribution in [2.24, 2.45) is 0 Å². The molecular formula is C13H14N2OS. The first-order valence-corrected chi connectivity index (χ1v) is 6.74. The standard InChI is InChI=1S/C13H14N2OS/c1-9-14-12(8-17-9)10-3-4-11(7-10)13(16)15-5-2-6-15/h3,7-8H,2,4-6H2,1H3. The van der Waals surface area contributed by atoms with Gasteiger partial charge in [0.2, 0.25) is 5.91 Å². The first kappa shape index (κ1) is 10.7. The molecular weight excluding hydrogens is 232 g/mol. The van der Waals surface area contributed by atoms with E-state index in [1.54, 1.807) is 11.3 Å². The van der Waals surface area contributed by atoms with Crippen LogP contribution in [0, 0.1) is 6.92 Å². The normalized spacial score (nSPS) is 18.8. The molecule has 0 atom stereocenters. The van der Waals surface area contributed by atoms with E-state index >= 15 is 0 Å². The summed E-state index contributed by atoms with van der Waals surface area (Å²) in [5, 5.41) is 3.12. The zero-order valence-corrected chi connectivity index (χ0v) is 10.6. The van der Waals surface area contributed by atoms with Crippen molar-refractivity contribution < 1.29 is 4.79 Å². The van der Waals surface area contributed by atoms with Gasteiger partial charge in [0.1, 0.15) is 0 Å². The lowest BCUT2D eigenvalue weighted by Crippen LogP contribution is -2.42. The molecule has 1 amide bonds. The van der Waals surface area contributed by atoms with Crippen molar-refractivity contribution in [1.82, 2.24) is 9.88 Å². The zero-order valence-electron chi connectivity index (χ0n) is 9.77. The molecule has 1 aliphatic carbocycles. The van der Waals surface area contributed by atoms with Crippen molar-refractivity contribution in [3.8, 4) is 0 Å². The minimum Gasteiger partial charge on any atom is -0.339 e. The number of nitrogens with zero attached hydrogens (tertiary/aromatic N) is 2. The van der Waals surface area contributed by atoms with E-state index in [1.165, 1.54) is 0 Å². The van der Waals surface area contributed by atoms with Gasteiger partial charge in [-0.25, -0.2) is 4.98 Å². The van der Waals surface area contributed by atoms with Gasteiger partial charge in [0.25, 0.3) is 0 Å². The Morgan fingerprint density at radius 3 is 2.88 bits per heavy atom. The third kappa shape index (κ3) is 1.93. The molecule has 88 valence electrons. The Kier molecular flexibility index (Phi) is 2.59. The summed E-state index contributed by atoms with van der Waals surface area (Å²) in [4.78, 5) is 18.4. The molecule has 0 unspecified atom stereocenters. The van der Waals surface area contributed by atoms with Crippen molar-refractivity contribution in [1.29, 1.82) is 0 Å². The van der Waals surface area contributed by atoms with E-state index in [2.05, 4.69) is 16.4 Å². The number of rotatable bonds is 2. The third-order valence-corrected chi connectivity index (χ3v) is 3.98. The van der Waals surface area contributed by atoms with E-state index in [4.69, 9.17) is 0 Å². The third-order valence-electron chi connectivity index (χ3n) is 3.20. The van der Waals surface area contributed by atoms with E-state index in [0.29, 0.717) is 0 Å². The fourth-order valence-corrected chi connectivity index (χ4v) is 2.69. The van der Waals surface area contributed by atoms with E-state index in [-0.39, 0.29) is 5.91 Å². The smallest absolute Gasteiger partial charge is 0.250 e. The molecule has 1 aromatic rings. The summed E-state index contributed by atoms with van der Waals surface area (Å²) >= 11 is 1.65. The Labute approximate surface area is 104 Å². The Morgan fingerprint density at radius 2 is 2.29 bits per heavy atom. The first-order valence-electron chi connectivity index (χ1n) is 5.86. The van der Waals surface area contributed by atoms with Crippen molar-refractivity contribution in [2.75, 3.05) is 13.1 Å². The number of amides is 1. The maximum atomic E-state index is 12.0. The molecule has 0 saturated carbocycles. The number of carbonyl (C=O) groups is 1. The van der Waals surface area contributed by atoms with Crippen molar-refractivity contribution in [2.45, 2.75) is 19.8 Å². The average Bonchev–Trinajstić information content (AvgIpc) is 2.82. The maximum absolute atomic E-state index is 12.0. The Balaban J connectivity index is 1.77. The second-order valence-corrected chi connectivity index (χ2v) is 5.49. The van der Waals surface area contributed by atoms with E-state index in [0.717, 1.165) is 47.8 Å². The molecule has 3 rings (SSSR count). The lowest BCUT2D eigenvalue weighted by Gasteiger charge is -2.31. The molecule has 0 N–H and O–H groups in total. The molecule has 1 aromatic heterocycles. The van der Waals surface area contributed by atoms with Crippen molar-refractivity contribution in [3.05, 3.63) is 33.8 Å². The second kappa shape index (κ2) is 4.11. The van der Waals surface area contributed by atoms with Crippen LogP contribution in [0.3, 0.4) is 0 Å². The van der Waals surface area contributed by atoms with Crippen LogP contribution in [-0.4, -0.2) is 28.9 Å². The molecule has 1 aliphatic heterocycles. The summed E-state index contributed by atoms with van der Waals surface area (Å²) in [6.07, 6.45) is 5.99. The highest BCUT2D eigenvalue weighted by Crippen LogP contribution is 2.28. The molecule has 0 spiro atoms. The highest BCUT2D eigenvalue weighted by molar-refractivity contribution is 7.09. The summed E-state index contributed by atoms with van der Waals surface area (Å²) in [7, 11) is 0. The van der Waals surface area contributed by atoms with Crippen LogP contribution in [0.2, 0.25) is 0 Å². The molecule has 1 fully saturated rings. The van der Waals surface area contributed by atoms with E-state index in [1.807, 2.05) is 17.9 Å². The van der Waals surface area contributed by atoms with Gasteiger partial charge < -0.3 is 4.90 Å². The van der Waals surface area contributed by atoms with Gasteiger partial charge in [-0.2, -0.15) is 0 Å². The number of hydrogen-bond donors (Lipinski definition) is 0. The number of thiazole rings is 1. The van der Waals surface area contributed by atoms with E-state index < -0.39 is 0 Å². The van der Waals surface area contributed by atoms with Crippen LogP contribution in [0.4, 0.5) is 0 Å². The molecule has 2 aliphatic rings. The second-order valence-electron chi connectivity index (χ2n) is 4.43. The number of hydrogen-bond acceptors (Lipinski definition) is 3. The quantitative estimate of drug-likeness (QED) is 0.802. The number of aromatic nitrogens is 1. The largest absolute Gasteiger partial charge is 0.339 e. The minimum absolute atomic E-state index is 0.203. The van der Waals surface area contributed by atoms with Gasteiger partial charge in [0.05, 0.1) is 10.7 Å². The molecule has 0 radical (unpaired) electrons. The van der Waals surface area contributed by atoms with Crippen LogP contribution in [0.1, 0.15) is 23.5 Å². The minimum atomic E-state index is 0.203. The molecule has 0 aromatic carbocycles. The lowest BCUT2D eigenvalue weighted by atomic mass is 10.1. The number of carbonyl (C=O) groups excluding carboxylic acids is 1. The van der Waals surface area contributed by atoms with Crippen LogP contribution >= 0.6 is 11.3 Å². The topological polar surface area (TPSA) is 33.2 Å². The Hall–Kier alpha value is -1.42. The van der Waals surface area contributed by atoms with Crippen LogP contribution in [0.25, 0.3) is 5.57 Å². The maximum Gasteiger partial charge on any atom is 0.250 e. The van der Waals surface area contributed by atoms with Gasteiger partial charge in [-0.1, -0.05) is 6.08 Å². The van der Waals surface area contributed by atoms with Crippen molar-refractivity contribution in [3.63, 3.8) is 0 Å². The van der Waals surface area contributed by atoms with E-state index in [9.17, 15) is 4.79 Å². The molecule has 0 bridgehead atoms. The van der Waals surface area contributed by atoms with Crippen LogP contribution < -0.4 is 0 Å².